The van der Waals surface area contributed by atoms with Gasteiger partial charge in [0.15, 0.2) is 0 Å². The normalized spacial score (nSPS) is 21.1. The predicted octanol–water partition coefficient (Wildman–Crippen LogP) is 6.57. The van der Waals surface area contributed by atoms with Gasteiger partial charge >= 0.3 is 12.2 Å². The van der Waals surface area contributed by atoms with E-state index in [2.05, 4.69) is 10.2 Å². The first-order valence-corrected chi connectivity index (χ1v) is 26.1. The third-order valence-corrected chi connectivity index (χ3v) is 14.0. The predicted molar refractivity (Wildman–Crippen MR) is 255 cm³/mol. The lowest BCUT2D eigenvalue weighted by Crippen LogP contribution is -2.60. The highest BCUT2D eigenvalue weighted by Crippen LogP contribution is 2.26. The van der Waals surface area contributed by atoms with Crippen molar-refractivity contribution in [2.24, 2.45) is 0 Å². The maximum Gasteiger partial charge on any atom is 0.410 e. The van der Waals surface area contributed by atoms with Crippen LogP contribution in [0.5, 0.6) is 0 Å². The molecule has 2 aromatic rings. The van der Waals surface area contributed by atoms with Gasteiger partial charge in [0.05, 0.1) is 12.5 Å². The maximum absolute atomic E-state index is 12.4. The standard InChI is InChI=1S/C22H34ClN3O4S.C12H17ClN2O2S.C10H17NO3.CH4/c1-22(2,3)30-21(27)24-11-9-19(10-12-24)26-14-13-25(31(4,28)29)16-20(26)15-17-5-7-18(23)8-6-17;1-18(16,17)15-7-6-14-12(9-15)8-10-2-4-11(13)5-3-10;1-10(2,3)14-9(13)11-6-4-8(12)5-7-11;/h5-8,19-20H,9-16H2,1-4H3;2-5,12,14H,6-9H2,1H3;4-7H2,1-3H3;1H4/t20-;12-;;/m00../s1. The Morgan fingerprint density at radius 1 is 0.656 bits per heavy atom. The lowest BCUT2D eigenvalue weighted by atomic mass is 9.96. The van der Waals surface area contributed by atoms with Gasteiger partial charge in [-0.25, -0.2) is 26.4 Å². The number of benzene rings is 2. The van der Waals surface area contributed by atoms with Crippen LogP contribution in [0.25, 0.3) is 0 Å². The third-order valence-electron chi connectivity index (χ3n) is 11.0. The number of piperazine rings is 2. The van der Waals surface area contributed by atoms with Gasteiger partial charge in [-0.3, -0.25) is 9.69 Å². The van der Waals surface area contributed by atoms with Gasteiger partial charge in [0, 0.05) is 106 Å². The monoisotopic (exact) mass is 974 g/mol. The third kappa shape index (κ3) is 19.1. The molecular formula is C45H72Cl2N6O9S2. The highest BCUT2D eigenvalue weighted by molar-refractivity contribution is 7.88. The molecule has 0 aromatic heterocycles. The number of rotatable bonds is 7. The van der Waals surface area contributed by atoms with Gasteiger partial charge in [-0.2, -0.15) is 8.61 Å². The summed E-state index contributed by atoms with van der Waals surface area (Å²) < 4.78 is 61.2. The van der Waals surface area contributed by atoms with E-state index in [9.17, 15) is 31.2 Å². The van der Waals surface area contributed by atoms with Crippen molar-refractivity contribution in [3.8, 4) is 0 Å². The molecule has 2 aromatic carbocycles. The largest absolute Gasteiger partial charge is 0.444 e. The van der Waals surface area contributed by atoms with Crippen LogP contribution >= 0.6 is 23.2 Å². The Balaban J connectivity index is 0.000000279. The molecule has 6 rings (SSSR count). The zero-order valence-corrected chi connectivity index (χ0v) is 41.3. The molecule has 0 spiro atoms. The van der Waals surface area contributed by atoms with Crippen LogP contribution in [0.3, 0.4) is 0 Å². The first-order chi connectivity index (χ1) is 29.3. The first-order valence-electron chi connectivity index (χ1n) is 21.6. The fourth-order valence-electron chi connectivity index (χ4n) is 7.81. The van der Waals surface area contributed by atoms with Crippen molar-refractivity contribution in [3.63, 3.8) is 0 Å². The Morgan fingerprint density at radius 3 is 1.55 bits per heavy atom. The minimum atomic E-state index is -3.23. The number of halogens is 2. The van der Waals surface area contributed by atoms with Crippen LogP contribution in [0.15, 0.2) is 48.5 Å². The summed E-state index contributed by atoms with van der Waals surface area (Å²) in [7, 11) is -6.32. The number of ether oxygens (including phenoxy) is 2. The van der Waals surface area contributed by atoms with E-state index in [1.807, 2.05) is 90.1 Å². The van der Waals surface area contributed by atoms with Crippen molar-refractivity contribution >= 4 is 61.2 Å². The molecule has 0 unspecified atom stereocenters. The Bertz CT molecular complexity index is 2030. The topological polar surface area (TPSA) is 166 Å². The Morgan fingerprint density at radius 2 is 1.09 bits per heavy atom. The summed E-state index contributed by atoms with van der Waals surface area (Å²) in [5.74, 6) is 0.227. The maximum atomic E-state index is 12.4. The van der Waals surface area contributed by atoms with Gasteiger partial charge in [0.2, 0.25) is 20.0 Å². The molecule has 2 amide bonds. The molecule has 0 radical (unpaired) electrons. The number of hydrogen-bond acceptors (Lipinski definition) is 11. The zero-order chi connectivity index (χ0) is 46.8. The number of Topliss-reactive ketones (excluding diaryl/α,β-unsaturated/α-hetero) is 1. The smallest absolute Gasteiger partial charge is 0.410 e. The molecule has 0 aliphatic carbocycles. The molecule has 4 fully saturated rings. The molecule has 2 atom stereocenters. The van der Waals surface area contributed by atoms with Crippen molar-refractivity contribution in [1.82, 2.24) is 28.6 Å². The van der Waals surface area contributed by atoms with Gasteiger partial charge in [0.25, 0.3) is 0 Å². The summed E-state index contributed by atoms with van der Waals surface area (Å²) in [5.41, 5.74) is 1.34. The van der Waals surface area contributed by atoms with Crippen LogP contribution in [0.4, 0.5) is 9.59 Å². The zero-order valence-electron chi connectivity index (χ0n) is 38.1. The van der Waals surface area contributed by atoms with Gasteiger partial charge in [-0.05, 0) is 103 Å². The molecule has 4 heterocycles. The second-order valence-electron chi connectivity index (χ2n) is 18.7. The molecule has 4 saturated heterocycles. The van der Waals surface area contributed by atoms with E-state index in [0.717, 1.165) is 36.8 Å². The van der Waals surface area contributed by atoms with Crippen LogP contribution in [0.1, 0.15) is 85.8 Å². The SMILES string of the molecule is C.CC(C)(C)OC(=O)N1CCC(=O)CC1.CC(C)(C)OC(=O)N1CCC(N2CCN(S(C)(=O)=O)C[C@@H]2Cc2ccc(Cl)cc2)CC1.CS(=O)(=O)N1CCN[C@@H](Cc2ccc(Cl)cc2)C1. The second-order valence-corrected chi connectivity index (χ2v) is 23.5. The fraction of sp³-hybridized carbons (Fsp3) is 0.667. The number of nitrogens with one attached hydrogen (secondary N) is 1. The molecule has 0 bridgehead atoms. The molecule has 362 valence electrons. The lowest BCUT2D eigenvalue weighted by Gasteiger charge is -2.47. The summed E-state index contributed by atoms with van der Waals surface area (Å²) in [5, 5.41) is 4.75. The number of likely N-dealkylation sites (tertiary alicyclic amines) is 2. The molecule has 0 saturated carbocycles. The van der Waals surface area contributed by atoms with Crippen molar-refractivity contribution in [1.29, 1.82) is 0 Å². The van der Waals surface area contributed by atoms with E-state index in [0.29, 0.717) is 94.4 Å². The van der Waals surface area contributed by atoms with E-state index in [1.165, 1.54) is 16.8 Å². The number of nitrogens with zero attached hydrogens (tertiary/aromatic N) is 5. The highest BCUT2D eigenvalue weighted by Gasteiger charge is 2.37. The van der Waals surface area contributed by atoms with Crippen molar-refractivity contribution in [2.45, 2.75) is 117 Å². The fourth-order valence-corrected chi connectivity index (χ4v) is 9.79. The molecule has 64 heavy (non-hydrogen) atoms. The first kappa shape index (κ1) is 55.3. The Kier molecular flexibility index (Phi) is 20.8. The summed E-state index contributed by atoms with van der Waals surface area (Å²) in [6, 6.07) is 16.0. The number of carbonyl (C=O) groups excluding carboxylic acids is 3. The van der Waals surface area contributed by atoms with Gasteiger partial charge in [-0.1, -0.05) is 54.9 Å². The van der Waals surface area contributed by atoms with E-state index in [-0.39, 0.29) is 37.5 Å². The van der Waals surface area contributed by atoms with E-state index < -0.39 is 31.2 Å². The molecule has 1 N–H and O–H groups in total. The molecule has 15 nitrogen and oxygen atoms in total. The summed E-state index contributed by atoms with van der Waals surface area (Å²) in [6.45, 7) is 16.9. The van der Waals surface area contributed by atoms with Gasteiger partial charge in [0.1, 0.15) is 17.0 Å². The molecular weight excluding hydrogens is 904 g/mol. The number of sulfonamides is 2. The summed E-state index contributed by atoms with van der Waals surface area (Å²) in [4.78, 5) is 40.7. The van der Waals surface area contributed by atoms with Crippen LogP contribution in [-0.4, -0.2) is 165 Å². The minimum Gasteiger partial charge on any atom is -0.444 e. The van der Waals surface area contributed by atoms with E-state index in [1.54, 1.807) is 14.1 Å². The highest BCUT2D eigenvalue weighted by atomic mass is 35.5. The van der Waals surface area contributed by atoms with Crippen LogP contribution in [0.2, 0.25) is 10.0 Å². The number of amides is 2. The quantitative estimate of drug-likeness (QED) is 0.319. The summed E-state index contributed by atoms with van der Waals surface area (Å²) >= 11 is 11.9. The minimum absolute atomic E-state index is 0. The van der Waals surface area contributed by atoms with E-state index in [4.69, 9.17) is 32.7 Å². The number of carbonyl (C=O) groups is 3. The number of piperidine rings is 2. The molecule has 4 aliphatic rings. The van der Waals surface area contributed by atoms with E-state index >= 15 is 0 Å². The average Bonchev–Trinajstić information content (AvgIpc) is 3.19. The second kappa shape index (κ2) is 24.1. The van der Waals surface area contributed by atoms with Gasteiger partial charge in [-0.15, -0.1) is 0 Å². The van der Waals surface area contributed by atoms with Crippen LogP contribution in [0, 0.1) is 0 Å². The van der Waals surface area contributed by atoms with Crippen molar-refractivity contribution in [3.05, 3.63) is 69.7 Å². The van der Waals surface area contributed by atoms with Crippen LogP contribution in [-0.2, 0) is 47.2 Å². The van der Waals surface area contributed by atoms with Crippen molar-refractivity contribution < 1.29 is 40.7 Å². The number of ketones is 1. The van der Waals surface area contributed by atoms with Crippen molar-refractivity contribution in [2.75, 3.05) is 78.0 Å². The average molecular weight is 976 g/mol. The molecule has 4 aliphatic heterocycles. The van der Waals surface area contributed by atoms with Gasteiger partial charge < -0.3 is 24.6 Å². The summed E-state index contributed by atoms with van der Waals surface area (Å²) in [6.07, 6.45) is 6.16. The molecule has 19 heteroatoms. The van der Waals surface area contributed by atoms with Crippen LogP contribution < -0.4 is 5.32 Å². The lowest BCUT2D eigenvalue weighted by molar-refractivity contribution is -0.121. The number of hydrogen-bond donors (Lipinski definition) is 1. The Labute approximate surface area is 393 Å². The Hall–Kier alpha value is -3.03.